The van der Waals surface area contributed by atoms with Crippen LogP contribution in [0.1, 0.15) is 24.5 Å². The molecule has 0 bridgehead atoms. The second-order valence-electron chi connectivity index (χ2n) is 4.58. The first-order chi connectivity index (χ1) is 9.99. The third-order valence-corrected chi connectivity index (χ3v) is 3.13. The summed E-state index contributed by atoms with van der Waals surface area (Å²) in [6, 6.07) is 5.63. The Morgan fingerprint density at radius 3 is 2.29 bits per heavy atom. The monoisotopic (exact) mass is 293 g/mol. The summed E-state index contributed by atoms with van der Waals surface area (Å²) in [5.74, 6) is -4.34. The van der Waals surface area contributed by atoms with Crippen molar-refractivity contribution in [2.45, 2.75) is 19.8 Å². The number of benzene rings is 2. The van der Waals surface area contributed by atoms with Crippen LogP contribution in [0.2, 0.25) is 0 Å². The summed E-state index contributed by atoms with van der Waals surface area (Å²) in [7, 11) is 0. The van der Waals surface area contributed by atoms with Gasteiger partial charge in [-0.2, -0.15) is 5.26 Å². The topological polar surface area (TPSA) is 23.8 Å². The summed E-state index contributed by atoms with van der Waals surface area (Å²) in [5, 5.41) is 8.63. The van der Waals surface area contributed by atoms with Crippen LogP contribution in [0.3, 0.4) is 0 Å². The largest absolute Gasteiger partial charge is 0.206 e. The fraction of sp³-hybridized carbons (Fsp3) is 0.188. The van der Waals surface area contributed by atoms with E-state index < -0.39 is 28.8 Å². The molecule has 2 aromatic carbocycles. The predicted octanol–water partition coefficient (Wildman–Crippen LogP) is 4.73. The molecule has 0 aliphatic heterocycles. The standard InChI is InChI=1S/C16H11F4N/c1-2-3-10-7-13(18)14(16(20)15(10)19)9-4-5-11(8-21)12(17)6-9/h4-7H,2-3H2,1H3. The van der Waals surface area contributed by atoms with Gasteiger partial charge in [-0.05, 0) is 35.7 Å². The molecule has 0 aliphatic rings. The summed E-state index contributed by atoms with van der Waals surface area (Å²) in [6.07, 6.45) is 0.752. The van der Waals surface area contributed by atoms with E-state index in [9.17, 15) is 17.6 Å². The van der Waals surface area contributed by atoms with Crippen LogP contribution in [0.4, 0.5) is 17.6 Å². The summed E-state index contributed by atoms with van der Waals surface area (Å²) < 4.78 is 55.5. The lowest BCUT2D eigenvalue weighted by molar-refractivity contribution is 0.488. The molecule has 0 unspecified atom stereocenters. The van der Waals surface area contributed by atoms with Gasteiger partial charge >= 0.3 is 0 Å². The first-order valence-corrected chi connectivity index (χ1v) is 6.36. The van der Waals surface area contributed by atoms with Gasteiger partial charge in [0, 0.05) is 0 Å². The molecule has 0 fully saturated rings. The molecule has 0 spiro atoms. The first-order valence-electron chi connectivity index (χ1n) is 6.36. The lowest BCUT2D eigenvalue weighted by atomic mass is 9.99. The number of rotatable bonds is 3. The van der Waals surface area contributed by atoms with Crippen molar-refractivity contribution in [2.75, 3.05) is 0 Å². The Morgan fingerprint density at radius 2 is 1.71 bits per heavy atom. The molecule has 0 aromatic heterocycles. The van der Waals surface area contributed by atoms with E-state index in [1.807, 2.05) is 0 Å². The molecular weight excluding hydrogens is 282 g/mol. The van der Waals surface area contributed by atoms with Crippen LogP contribution in [0.5, 0.6) is 0 Å². The van der Waals surface area contributed by atoms with Crippen molar-refractivity contribution in [1.82, 2.24) is 0 Å². The molecule has 5 heteroatoms. The van der Waals surface area contributed by atoms with E-state index in [-0.39, 0.29) is 23.1 Å². The molecule has 108 valence electrons. The Balaban J connectivity index is 2.62. The fourth-order valence-corrected chi connectivity index (χ4v) is 2.12. The molecule has 21 heavy (non-hydrogen) atoms. The van der Waals surface area contributed by atoms with Gasteiger partial charge in [-0.15, -0.1) is 0 Å². The molecule has 0 aliphatic carbocycles. The van der Waals surface area contributed by atoms with Gasteiger partial charge in [0.05, 0.1) is 11.1 Å². The van der Waals surface area contributed by atoms with Gasteiger partial charge in [0.25, 0.3) is 0 Å². The second-order valence-corrected chi connectivity index (χ2v) is 4.58. The summed E-state index contributed by atoms with van der Waals surface area (Å²) in [6.45, 7) is 1.76. The van der Waals surface area contributed by atoms with Crippen molar-refractivity contribution in [2.24, 2.45) is 0 Å². The van der Waals surface area contributed by atoms with Gasteiger partial charge in [-0.3, -0.25) is 0 Å². The normalized spacial score (nSPS) is 10.5. The van der Waals surface area contributed by atoms with Crippen molar-refractivity contribution in [3.63, 3.8) is 0 Å². The Hall–Kier alpha value is -2.35. The summed E-state index contributed by atoms with van der Waals surface area (Å²) in [5.41, 5.74) is -1.08. The molecule has 0 atom stereocenters. The minimum atomic E-state index is -1.34. The van der Waals surface area contributed by atoms with Gasteiger partial charge in [0.1, 0.15) is 17.7 Å². The number of aryl methyl sites for hydroxylation is 1. The van der Waals surface area contributed by atoms with E-state index in [1.165, 1.54) is 6.07 Å². The van der Waals surface area contributed by atoms with Crippen molar-refractivity contribution in [3.8, 4) is 17.2 Å². The Labute approximate surface area is 119 Å². The molecule has 0 radical (unpaired) electrons. The number of nitriles is 1. The minimum Gasteiger partial charge on any atom is -0.206 e. The first kappa shape index (κ1) is 15.0. The molecule has 1 nitrogen and oxygen atoms in total. The third kappa shape index (κ3) is 2.75. The van der Waals surface area contributed by atoms with Gasteiger partial charge in [-0.1, -0.05) is 19.4 Å². The molecule has 2 aromatic rings. The Kier molecular flexibility index (Phi) is 4.27. The quantitative estimate of drug-likeness (QED) is 0.592. The minimum absolute atomic E-state index is 0.0506. The van der Waals surface area contributed by atoms with Crippen LogP contribution >= 0.6 is 0 Å². The molecule has 0 saturated carbocycles. The van der Waals surface area contributed by atoms with Crippen molar-refractivity contribution in [1.29, 1.82) is 5.26 Å². The highest BCUT2D eigenvalue weighted by Gasteiger charge is 2.20. The van der Waals surface area contributed by atoms with E-state index in [0.29, 0.717) is 6.42 Å². The maximum absolute atomic E-state index is 14.0. The molecule has 0 heterocycles. The smallest absolute Gasteiger partial charge is 0.169 e. The van der Waals surface area contributed by atoms with Crippen LogP contribution < -0.4 is 0 Å². The van der Waals surface area contributed by atoms with Crippen molar-refractivity contribution in [3.05, 3.63) is 58.7 Å². The fourth-order valence-electron chi connectivity index (χ4n) is 2.12. The van der Waals surface area contributed by atoms with Crippen LogP contribution in [0.25, 0.3) is 11.1 Å². The number of halogens is 4. The lowest BCUT2D eigenvalue weighted by Gasteiger charge is -2.10. The summed E-state index contributed by atoms with van der Waals surface area (Å²) in [4.78, 5) is 0. The maximum Gasteiger partial charge on any atom is 0.169 e. The molecular formula is C16H11F4N. The van der Waals surface area contributed by atoms with Gasteiger partial charge in [0.2, 0.25) is 0 Å². The highest BCUT2D eigenvalue weighted by atomic mass is 19.2. The number of nitrogens with zero attached hydrogens (tertiary/aromatic N) is 1. The predicted molar refractivity (Wildman–Crippen MR) is 70.4 cm³/mol. The molecule has 2 rings (SSSR count). The van der Waals surface area contributed by atoms with Gasteiger partial charge in [-0.25, -0.2) is 17.6 Å². The van der Waals surface area contributed by atoms with E-state index in [2.05, 4.69) is 0 Å². The Bertz CT molecular complexity index is 732. The van der Waals surface area contributed by atoms with Gasteiger partial charge in [0.15, 0.2) is 11.6 Å². The number of hydrogen-bond donors (Lipinski definition) is 0. The SMILES string of the molecule is CCCc1cc(F)c(-c2ccc(C#N)c(F)c2)c(F)c1F. The maximum atomic E-state index is 14.0. The van der Waals surface area contributed by atoms with Crippen molar-refractivity contribution >= 4 is 0 Å². The van der Waals surface area contributed by atoms with E-state index in [4.69, 9.17) is 5.26 Å². The highest BCUT2D eigenvalue weighted by molar-refractivity contribution is 5.66. The third-order valence-electron chi connectivity index (χ3n) is 3.13. The zero-order chi connectivity index (χ0) is 15.6. The van der Waals surface area contributed by atoms with E-state index in [1.54, 1.807) is 13.0 Å². The van der Waals surface area contributed by atoms with Crippen LogP contribution in [0, 0.1) is 34.6 Å². The number of hydrogen-bond acceptors (Lipinski definition) is 1. The Morgan fingerprint density at radius 1 is 1.00 bits per heavy atom. The van der Waals surface area contributed by atoms with Crippen molar-refractivity contribution < 1.29 is 17.6 Å². The van der Waals surface area contributed by atoms with Crippen LogP contribution in [-0.4, -0.2) is 0 Å². The average Bonchev–Trinajstić information content (AvgIpc) is 2.45. The second kappa shape index (κ2) is 5.96. The molecule has 0 amide bonds. The van der Waals surface area contributed by atoms with Crippen LogP contribution in [-0.2, 0) is 6.42 Å². The van der Waals surface area contributed by atoms with E-state index >= 15 is 0 Å². The summed E-state index contributed by atoms with van der Waals surface area (Å²) >= 11 is 0. The molecule has 0 saturated heterocycles. The lowest BCUT2D eigenvalue weighted by Crippen LogP contribution is -2.01. The average molecular weight is 293 g/mol. The van der Waals surface area contributed by atoms with E-state index in [0.717, 1.165) is 18.2 Å². The molecule has 0 N–H and O–H groups in total. The zero-order valence-electron chi connectivity index (χ0n) is 11.2. The zero-order valence-corrected chi connectivity index (χ0v) is 11.2. The highest BCUT2D eigenvalue weighted by Crippen LogP contribution is 2.31. The van der Waals surface area contributed by atoms with Gasteiger partial charge < -0.3 is 0 Å². The van der Waals surface area contributed by atoms with Crippen LogP contribution in [0.15, 0.2) is 24.3 Å².